The summed E-state index contributed by atoms with van der Waals surface area (Å²) >= 11 is 6.02. The number of rotatable bonds is 7. The fraction of sp³-hybridized carbons (Fsp3) is 0.407. The second kappa shape index (κ2) is 10.8. The zero-order chi connectivity index (χ0) is 24.1. The van der Waals surface area contributed by atoms with Crippen molar-refractivity contribution in [1.29, 1.82) is 0 Å². The van der Waals surface area contributed by atoms with Crippen LogP contribution in [0.15, 0.2) is 60.7 Å². The lowest BCUT2D eigenvalue weighted by molar-refractivity contribution is -0.0241. The van der Waals surface area contributed by atoms with Crippen LogP contribution < -0.4 is 15.5 Å². The van der Waals surface area contributed by atoms with Gasteiger partial charge in [-0.3, -0.25) is 4.90 Å². The summed E-state index contributed by atoms with van der Waals surface area (Å²) in [5, 5.41) is 7.72. The molecular formula is C27H33ClN6O. The van der Waals surface area contributed by atoms with E-state index in [4.69, 9.17) is 16.3 Å². The highest BCUT2D eigenvalue weighted by atomic mass is 35.5. The molecule has 8 heteroatoms. The zero-order valence-electron chi connectivity index (χ0n) is 20.2. The topological polar surface area (TPSA) is 65.6 Å². The average Bonchev–Trinajstić information content (AvgIpc) is 2.90. The Balaban J connectivity index is 1.26. The van der Waals surface area contributed by atoms with Crippen molar-refractivity contribution in [3.8, 4) is 0 Å². The molecule has 5 rings (SSSR count). The van der Waals surface area contributed by atoms with Gasteiger partial charge in [-0.2, -0.15) is 0 Å². The fourth-order valence-electron chi connectivity index (χ4n) is 5.09. The van der Waals surface area contributed by atoms with E-state index in [0.29, 0.717) is 5.02 Å². The Bertz CT molecular complexity index is 1100. The van der Waals surface area contributed by atoms with E-state index in [-0.39, 0.29) is 5.54 Å². The van der Waals surface area contributed by atoms with E-state index in [2.05, 4.69) is 60.7 Å². The monoisotopic (exact) mass is 492 g/mol. The van der Waals surface area contributed by atoms with Crippen LogP contribution in [0.4, 0.5) is 23.0 Å². The summed E-state index contributed by atoms with van der Waals surface area (Å²) in [7, 11) is 0. The Morgan fingerprint density at radius 3 is 2.31 bits per heavy atom. The molecule has 35 heavy (non-hydrogen) atoms. The highest BCUT2D eigenvalue weighted by molar-refractivity contribution is 6.30. The maximum Gasteiger partial charge on any atom is 0.136 e. The van der Waals surface area contributed by atoms with Gasteiger partial charge in [0.25, 0.3) is 0 Å². The summed E-state index contributed by atoms with van der Waals surface area (Å²) in [6.45, 7) is 8.51. The van der Waals surface area contributed by atoms with Crippen molar-refractivity contribution >= 4 is 34.6 Å². The first-order valence-corrected chi connectivity index (χ1v) is 12.7. The predicted molar refractivity (Wildman–Crippen MR) is 143 cm³/mol. The molecule has 7 nitrogen and oxygen atoms in total. The lowest BCUT2D eigenvalue weighted by Crippen LogP contribution is -2.61. The number of benzene rings is 2. The summed E-state index contributed by atoms with van der Waals surface area (Å²) in [4.78, 5) is 14.4. The average molecular weight is 493 g/mol. The molecule has 0 saturated carbocycles. The minimum absolute atomic E-state index is 0.0592. The van der Waals surface area contributed by atoms with E-state index < -0.39 is 0 Å². The van der Waals surface area contributed by atoms with Gasteiger partial charge in [-0.1, -0.05) is 29.8 Å². The second-order valence-electron chi connectivity index (χ2n) is 9.32. The summed E-state index contributed by atoms with van der Waals surface area (Å²) in [6.07, 6.45) is 2.04. The molecule has 2 aliphatic rings. The summed E-state index contributed by atoms with van der Waals surface area (Å²) in [5.41, 5.74) is 2.31. The van der Waals surface area contributed by atoms with Gasteiger partial charge in [0.2, 0.25) is 0 Å². The number of piperazine rings is 1. The van der Waals surface area contributed by atoms with E-state index in [0.717, 1.165) is 81.9 Å². The number of nitrogens with one attached hydrogen (secondary N) is 2. The molecule has 2 fully saturated rings. The molecule has 0 radical (unpaired) electrons. The number of nitrogens with zero attached hydrogens (tertiary/aromatic N) is 4. The van der Waals surface area contributed by atoms with Crippen LogP contribution in [0.25, 0.3) is 0 Å². The van der Waals surface area contributed by atoms with E-state index in [1.54, 1.807) is 0 Å². The van der Waals surface area contributed by atoms with E-state index in [1.165, 1.54) is 5.69 Å². The molecule has 0 unspecified atom stereocenters. The number of hydrogen-bond donors (Lipinski definition) is 2. The number of para-hydroxylation sites is 1. The molecule has 3 aromatic rings. The Kier molecular flexibility index (Phi) is 7.37. The van der Waals surface area contributed by atoms with Gasteiger partial charge in [0, 0.05) is 73.9 Å². The third kappa shape index (κ3) is 5.86. The number of halogens is 1. The number of aryl methyl sites for hydroxylation is 1. The van der Waals surface area contributed by atoms with Gasteiger partial charge in [0.05, 0.1) is 0 Å². The summed E-state index contributed by atoms with van der Waals surface area (Å²) in [5.74, 6) is 2.33. The predicted octanol–water partition coefficient (Wildman–Crippen LogP) is 4.97. The summed E-state index contributed by atoms with van der Waals surface area (Å²) in [6, 6.07) is 20.3. The van der Waals surface area contributed by atoms with Gasteiger partial charge in [0.1, 0.15) is 17.5 Å². The molecule has 184 valence electrons. The standard InChI is InChI=1S/C27H33ClN6O/c1-21-30-25(19-26(31-21)32-23-9-7-22(28)8-10-23)29-20-27(11-17-35-18-12-27)34-15-13-33(14-16-34)24-5-3-2-4-6-24/h2-10,19H,11-18,20H2,1H3,(H2,29,30,31,32). The van der Waals surface area contributed by atoms with Crippen molar-refractivity contribution in [3.63, 3.8) is 0 Å². The first-order valence-electron chi connectivity index (χ1n) is 12.3. The van der Waals surface area contributed by atoms with Crippen LogP contribution >= 0.6 is 11.6 Å². The first kappa shape index (κ1) is 23.9. The highest BCUT2D eigenvalue weighted by Crippen LogP contribution is 2.31. The van der Waals surface area contributed by atoms with E-state index in [1.807, 2.05) is 37.3 Å². The zero-order valence-corrected chi connectivity index (χ0v) is 21.0. The van der Waals surface area contributed by atoms with Crippen LogP contribution in [-0.4, -0.2) is 66.3 Å². The van der Waals surface area contributed by atoms with Crippen LogP contribution in [0.2, 0.25) is 5.02 Å². The molecule has 3 heterocycles. The molecule has 0 amide bonds. The van der Waals surface area contributed by atoms with Crippen molar-refractivity contribution in [2.45, 2.75) is 25.3 Å². The second-order valence-corrected chi connectivity index (χ2v) is 9.75. The molecule has 0 spiro atoms. The van der Waals surface area contributed by atoms with Gasteiger partial charge >= 0.3 is 0 Å². The molecule has 2 aliphatic heterocycles. The molecule has 0 atom stereocenters. The Morgan fingerprint density at radius 2 is 1.60 bits per heavy atom. The van der Waals surface area contributed by atoms with Crippen LogP contribution in [0, 0.1) is 6.92 Å². The normalized spacial score (nSPS) is 18.3. The fourth-order valence-corrected chi connectivity index (χ4v) is 5.22. The van der Waals surface area contributed by atoms with Crippen molar-refractivity contribution in [3.05, 3.63) is 71.5 Å². The van der Waals surface area contributed by atoms with Gasteiger partial charge in [-0.05, 0) is 56.2 Å². The van der Waals surface area contributed by atoms with Crippen molar-refractivity contribution in [1.82, 2.24) is 14.9 Å². The Labute approximate surface area is 212 Å². The third-order valence-electron chi connectivity index (χ3n) is 7.05. The van der Waals surface area contributed by atoms with Crippen molar-refractivity contribution in [2.24, 2.45) is 0 Å². The molecule has 2 aromatic carbocycles. The third-order valence-corrected chi connectivity index (χ3v) is 7.30. The number of anilines is 4. The van der Waals surface area contributed by atoms with Gasteiger partial charge in [0.15, 0.2) is 0 Å². The lowest BCUT2D eigenvalue weighted by atomic mass is 9.87. The maximum atomic E-state index is 6.02. The SMILES string of the molecule is Cc1nc(NCC2(N3CCN(c4ccccc4)CC3)CCOCC2)cc(Nc2ccc(Cl)cc2)n1. The Hall–Kier alpha value is -2.87. The molecule has 2 N–H and O–H groups in total. The van der Waals surface area contributed by atoms with Crippen LogP contribution in [-0.2, 0) is 4.74 Å². The van der Waals surface area contributed by atoms with Crippen molar-refractivity contribution in [2.75, 3.05) is 61.5 Å². The first-order chi connectivity index (χ1) is 17.1. The van der Waals surface area contributed by atoms with Crippen LogP contribution in [0.1, 0.15) is 18.7 Å². The minimum atomic E-state index is 0.0592. The minimum Gasteiger partial charge on any atom is -0.381 e. The molecule has 1 aromatic heterocycles. The maximum absolute atomic E-state index is 6.02. The molecular weight excluding hydrogens is 460 g/mol. The van der Waals surface area contributed by atoms with Crippen LogP contribution in [0.5, 0.6) is 0 Å². The number of ether oxygens (including phenoxy) is 1. The number of aromatic nitrogens is 2. The van der Waals surface area contributed by atoms with E-state index >= 15 is 0 Å². The molecule has 2 saturated heterocycles. The van der Waals surface area contributed by atoms with E-state index in [9.17, 15) is 0 Å². The van der Waals surface area contributed by atoms with Crippen molar-refractivity contribution < 1.29 is 4.74 Å². The smallest absolute Gasteiger partial charge is 0.136 e. The van der Waals surface area contributed by atoms with Gasteiger partial charge < -0.3 is 20.3 Å². The largest absolute Gasteiger partial charge is 0.381 e. The Morgan fingerprint density at radius 1 is 0.914 bits per heavy atom. The quantitative estimate of drug-likeness (QED) is 0.483. The summed E-state index contributed by atoms with van der Waals surface area (Å²) < 4.78 is 5.76. The van der Waals surface area contributed by atoms with Gasteiger partial charge in [-0.25, -0.2) is 9.97 Å². The van der Waals surface area contributed by atoms with Gasteiger partial charge in [-0.15, -0.1) is 0 Å². The number of hydrogen-bond acceptors (Lipinski definition) is 7. The highest BCUT2D eigenvalue weighted by Gasteiger charge is 2.39. The molecule has 0 aliphatic carbocycles. The van der Waals surface area contributed by atoms with Crippen LogP contribution in [0.3, 0.4) is 0 Å². The molecule has 0 bridgehead atoms. The lowest BCUT2D eigenvalue weighted by Gasteiger charge is -2.50.